The van der Waals surface area contributed by atoms with Crippen LogP contribution in [0.15, 0.2) is 0 Å². The van der Waals surface area contributed by atoms with Crippen LogP contribution in [0.5, 0.6) is 0 Å². The Kier molecular flexibility index (Phi) is 69.4. The van der Waals surface area contributed by atoms with Gasteiger partial charge in [-0.2, -0.15) is 18.1 Å². The summed E-state index contributed by atoms with van der Waals surface area (Å²) in [6.07, 6.45) is -9.30. The van der Waals surface area contributed by atoms with Crippen LogP contribution in [-0.2, 0) is 14.6 Å². The van der Waals surface area contributed by atoms with Gasteiger partial charge in [-0.1, -0.05) is 34.6 Å². The number of hydrogen-bond donors (Lipinski definition) is 0. The molecule has 0 aliphatic rings. The van der Waals surface area contributed by atoms with Crippen molar-refractivity contribution in [1.82, 2.24) is 0 Å². The van der Waals surface area contributed by atoms with Gasteiger partial charge in [-0.25, -0.2) is 13.2 Å². The van der Waals surface area contributed by atoms with Crippen molar-refractivity contribution in [1.29, 1.82) is 0 Å². The zero-order valence-electron chi connectivity index (χ0n) is 9.50. The normalized spacial score (nSPS) is 8.50. The van der Waals surface area contributed by atoms with Gasteiger partial charge in [0.15, 0.2) is 0 Å². The Balaban J connectivity index is -0.0000000234. The van der Waals surface area contributed by atoms with Gasteiger partial charge in [0.05, 0.1) is 0 Å². The summed E-state index contributed by atoms with van der Waals surface area (Å²) in [6.45, 7) is -4.26. The first-order valence-corrected chi connectivity index (χ1v) is 3.79. The monoisotopic (exact) mass is 402 g/mol. The van der Waals surface area contributed by atoms with E-state index < -0.39 is 32.9 Å². The van der Waals surface area contributed by atoms with Gasteiger partial charge in [0.25, 0.3) is 0 Å². The zero-order valence-corrected chi connectivity index (χ0v) is 9.50. The van der Waals surface area contributed by atoms with Gasteiger partial charge in [0, 0.05) is 7.11 Å². The molecule has 0 rings (SSSR count). The minimum absolute atomic E-state index is 0. The Morgan fingerprint density at radius 1 is 0.750 bits per heavy atom. The molecular weight excluding hydrogens is 377 g/mol. The molecule has 0 saturated carbocycles. The number of halogens is 11. The fraction of sp³-hybridized carbons (Fsp3) is 1.00. The van der Waals surface area contributed by atoms with E-state index in [0.29, 0.717) is 0 Å². The van der Waals surface area contributed by atoms with Gasteiger partial charge in [-0.05, 0) is 9.05 Å². The minimum Gasteiger partial charge on any atom is -0.375 e. The third-order valence-electron chi connectivity index (χ3n) is 0.437. The number of methoxy groups -OCH3 is 1. The van der Waals surface area contributed by atoms with Gasteiger partial charge >= 0.3 is 12.5 Å². The van der Waals surface area contributed by atoms with E-state index in [1.54, 1.807) is 0 Å². The highest BCUT2D eigenvalue weighted by atomic mass is 19.5. The molecular formula is C10H25F11O3. The molecule has 0 aromatic heterocycles. The fourth-order valence-corrected chi connectivity index (χ4v) is 0.164. The second-order valence-electron chi connectivity index (χ2n) is 1.89. The molecule has 0 radical (unpaired) electrons. The Bertz CT molecular complexity index is 163. The third-order valence-corrected chi connectivity index (χ3v) is 0.437. The molecule has 3 nitrogen and oxygen atoms in total. The second kappa shape index (κ2) is 33.7. The van der Waals surface area contributed by atoms with Crippen LogP contribution < -0.4 is 0 Å². The molecule has 0 aromatic rings. The molecule has 14 heteroatoms. The predicted octanol–water partition coefficient (Wildman–Crippen LogP) is 6.84. The first-order chi connectivity index (χ1) is 8.95. The van der Waals surface area contributed by atoms with Crippen LogP contribution in [0.2, 0.25) is 0 Å². The topological polar surface area (TPSA) is 27.7 Å². The zero-order chi connectivity index (χ0) is 17.2. The fourth-order valence-electron chi connectivity index (χ4n) is 0.164. The van der Waals surface area contributed by atoms with Gasteiger partial charge in [-0.15, -0.1) is 13.2 Å². The highest BCUT2D eigenvalue weighted by Crippen LogP contribution is 2.15. The van der Waals surface area contributed by atoms with Crippen LogP contribution in [0.25, 0.3) is 0 Å². The maximum absolute atomic E-state index is 10.9. The van der Waals surface area contributed by atoms with E-state index in [1.165, 1.54) is 4.94 Å². The molecule has 0 saturated heterocycles. The van der Waals surface area contributed by atoms with Crippen molar-refractivity contribution in [3.8, 4) is 0 Å². The van der Waals surface area contributed by atoms with Crippen LogP contribution in [0.1, 0.15) is 29.7 Å². The lowest BCUT2D eigenvalue weighted by Gasteiger charge is -2.01. The summed E-state index contributed by atoms with van der Waals surface area (Å²) in [5.41, 5.74) is 0. The van der Waals surface area contributed by atoms with Crippen LogP contribution >= 0.6 is 0 Å². The lowest BCUT2D eigenvalue weighted by molar-refractivity contribution is -0.416. The number of hydrogen-bond acceptors (Lipinski definition) is 3. The van der Waals surface area contributed by atoms with Crippen molar-refractivity contribution in [2.24, 2.45) is 0 Å². The Labute approximate surface area is 134 Å². The van der Waals surface area contributed by atoms with Crippen molar-refractivity contribution >= 4 is 0 Å². The van der Waals surface area contributed by atoms with Crippen molar-refractivity contribution < 1.29 is 63.2 Å². The molecule has 0 aromatic carbocycles. The summed E-state index contributed by atoms with van der Waals surface area (Å²) >= 11 is 0. The van der Waals surface area contributed by atoms with Gasteiger partial charge < -0.3 is 4.74 Å². The van der Waals surface area contributed by atoms with Crippen LogP contribution in [0, 0.1) is 0 Å². The van der Waals surface area contributed by atoms with E-state index >= 15 is 0 Å². The Morgan fingerprint density at radius 2 is 0.958 bits per heavy atom. The summed E-state index contributed by atoms with van der Waals surface area (Å²) in [7, 11) is 1.01. The molecule has 0 aliphatic carbocycles. The maximum atomic E-state index is 10.9. The Hall–Kier alpha value is -0.890. The van der Waals surface area contributed by atoms with Crippen LogP contribution in [0.3, 0.4) is 0 Å². The van der Waals surface area contributed by atoms with Gasteiger partial charge in [0.2, 0.25) is 13.8 Å². The number of ether oxygens (including phenoxy) is 1. The lowest BCUT2D eigenvalue weighted by Crippen LogP contribution is -2.14. The Morgan fingerprint density at radius 3 is 0.958 bits per heavy atom. The molecule has 0 atom stereocenters. The molecule has 0 heterocycles. The van der Waals surface area contributed by atoms with Crippen LogP contribution in [-0.4, -0.2) is 40.0 Å². The molecule has 0 amide bonds. The quantitative estimate of drug-likeness (QED) is 0.473. The summed E-state index contributed by atoms with van der Waals surface area (Å²) in [5, 5.41) is 0. The minimum atomic E-state index is -5.12. The van der Waals surface area contributed by atoms with E-state index in [1.807, 2.05) is 0 Å². The summed E-state index contributed by atoms with van der Waals surface area (Å²) < 4.78 is 116. The standard InChI is InChI=1S/C3H5F3O.CF4O.CH2F2O.CH2F2.4CH4/c1-7-2-3(4,5)6;2-1(3,4)6-5;2-1-4-3;2-1-3;;;;/h2H2,1H3;;1H2;1H2;4*1H4. The molecule has 160 valence electrons. The van der Waals surface area contributed by atoms with E-state index in [-0.39, 0.29) is 29.7 Å². The molecule has 0 spiro atoms. The molecule has 0 aliphatic heterocycles. The molecule has 0 unspecified atom stereocenters. The summed E-state index contributed by atoms with van der Waals surface area (Å²) in [6, 6.07) is 0. The van der Waals surface area contributed by atoms with Crippen molar-refractivity contribution in [2.75, 3.05) is 27.5 Å². The molecule has 0 N–H and O–H groups in total. The molecule has 24 heavy (non-hydrogen) atoms. The number of rotatable bonds is 2. The second-order valence-corrected chi connectivity index (χ2v) is 1.89. The van der Waals surface area contributed by atoms with E-state index in [2.05, 4.69) is 9.68 Å². The highest BCUT2D eigenvalue weighted by Gasteiger charge is 2.30. The van der Waals surface area contributed by atoms with Crippen molar-refractivity contribution in [3.63, 3.8) is 0 Å². The van der Waals surface area contributed by atoms with Crippen LogP contribution in [0.4, 0.5) is 48.6 Å². The summed E-state index contributed by atoms with van der Waals surface area (Å²) in [4.78, 5) is 3.81. The average Bonchev–Trinajstić information content (AvgIpc) is 2.29. The maximum Gasteiger partial charge on any atom is 0.553 e. The SMILES string of the molecule is C.C.C.C.COCC(F)(F)F.FCF.FCOF.FOC(F)(F)F. The van der Waals surface area contributed by atoms with Gasteiger partial charge in [-0.3, -0.25) is 0 Å². The predicted molar refractivity (Wildman–Crippen MR) is 68.4 cm³/mol. The lowest BCUT2D eigenvalue weighted by atomic mass is 10.7. The highest BCUT2D eigenvalue weighted by molar-refractivity contribution is 4.41. The number of alkyl halides is 9. The molecule has 0 fully saturated rings. The van der Waals surface area contributed by atoms with E-state index in [9.17, 15) is 48.6 Å². The van der Waals surface area contributed by atoms with E-state index in [0.717, 1.165) is 7.11 Å². The largest absolute Gasteiger partial charge is 0.553 e. The summed E-state index contributed by atoms with van der Waals surface area (Å²) in [5.74, 6) is 0. The smallest absolute Gasteiger partial charge is 0.375 e. The van der Waals surface area contributed by atoms with Crippen molar-refractivity contribution in [2.45, 2.75) is 42.2 Å². The van der Waals surface area contributed by atoms with E-state index in [4.69, 9.17) is 0 Å². The van der Waals surface area contributed by atoms with Crippen molar-refractivity contribution in [3.05, 3.63) is 0 Å². The van der Waals surface area contributed by atoms with Gasteiger partial charge in [0.1, 0.15) is 6.61 Å². The first-order valence-electron chi connectivity index (χ1n) is 3.79. The third kappa shape index (κ3) is 169. The first kappa shape index (κ1) is 49.5. The average molecular weight is 402 g/mol. The molecule has 0 bridgehead atoms.